The first-order valence-electron chi connectivity index (χ1n) is 8.91. The van der Waals surface area contributed by atoms with E-state index in [1.54, 1.807) is 6.08 Å². The van der Waals surface area contributed by atoms with E-state index in [1.807, 2.05) is 6.92 Å². The van der Waals surface area contributed by atoms with Crippen LogP contribution in [-0.2, 0) is 9.59 Å². The Hall–Kier alpha value is -1.00. The molecule has 0 spiro atoms. The fraction of sp³-hybridized carbons (Fsp3) is 0.789. The molecule has 4 aliphatic rings. The van der Waals surface area contributed by atoms with Crippen LogP contribution in [0.1, 0.15) is 52.4 Å². The van der Waals surface area contributed by atoms with Crippen LogP contribution in [0.25, 0.3) is 0 Å². The normalized spacial score (nSPS) is 52.5. The molecule has 7 atom stereocenters. The van der Waals surface area contributed by atoms with Gasteiger partial charge in [-0.15, -0.1) is 0 Å². The van der Waals surface area contributed by atoms with Crippen LogP contribution in [0.2, 0.25) is 0 Å². The molecule has 0 heterocycles. The molecule has 0 aromatic carbocycles. The fourth-order valence-electron chi connectivity index (χ4n) is 6.41. The van der Waals surface area contributed by atoms with E-state index in [1.165, 1.54) is 0 Å². The number of hydrogen-bond acceptors (Lipinski definition) is 4. The Morgan fingerprint density at radius 1 is 1.09 bits per heavy atom. The zero-order chi connectivity index (χ0) is 16.6. The number of fused-ring (bicyclic) bond motifs is 5. The molecule has 0 aliphatic heterocycles. The average molecular weight is 318 g/mol. The molecule has 23 heavy (non-hydrogen) atoms. The van der Waals surface area contributed by atoms with Crippen LogP contribution in [0.15, 0.2) is 11.6 Å². The predicted octanol–water partition coefficient (Wildman–Crippen LogP) is 2.03. The smallest absolute Gasteiger partial charge is 0.155 e. The van der Waals surface area contributed by atoms with Crippen molar-refractivity contribution in [2.45, 2.75) is 64.6 Å². The summed E-state index contributed by atoms with van der Waals surface area (Å²) in [5.41, 5.74) is 0.308. The summed E-state index contributed by atoms with van der Waals surface area (Å²) < 4.78 is 0. The van der Waals surface area contributed by atoms with Gasteiger partial charge in [0.15, 0.2) is 5.78 Å². The molecule has 0 bridgehead atoms. The van der Waals surface area contributed by atoms with Gasteiger partial charge in [0.05, 0.1) is 12.2 Å². The molecule has 3 fully saturated rings. The van der Waals surface area contributed by atoms with E-state index in [4.69, 9.17) is 0 Å². The molecule has 4 heteroatoms. The van der Waals surface area contributed by atoms with Crippen LogP contribution in [-0.4, -0.2) is 34.0 Å². The first-order valence-corrected chi connectivity index (χ1v) is 8.91. The molecular weight excluding hydrogens is 292 g/mol. The van der Waals surface area contributed by atoms with Gasteiger partial charge in [-0.05, 0) is 54.9 Å². The summed E-state index contributed by atoms with van der Waals surface area (Å²) in [6.07, 6.45) is 4.25. The van der Waals surface area contributed by atoms with E-state index in [0.29, 0.717) is 25.7 Å². The number of ketones is 2. The molecule has 0 aromatic rings. The summed E-state index contributed by atoms with van der Waals surface area (Å²) in [6.45, 7) is 4.13. The first-order chi connectivity index (χ1) is 10.8. The van der Waals surface area contributed by atoms with Crippen LogP contribution < -0.4 is 0 Å². The molecule has 3 saturated carbocycles. The van der Waals surface area contributed by atoms with Crippen LogP contribution in [0.3, 0.4) is 0 Å². The minimum absolute atomic E-state index is 0.0365. The Morgan fingerprint density at radius 3 is 2.57 bits per heavy atom. The fourth-order valence-corrected chi connectivity index (χ4v) is 6.41. The number of carbonyl (C=O) groups excluding carboxylic acids is 2. The molecule has 0 amide bonds. The largest absolute Gasteiger partial charge is 0.393 e. The molecule has 0 aromatic heterocycles. The van der Waals surface area contributed by atoms with Crippen molar-refractivity contribution >= 4 is 11.6 Å². The maximum atomic E-state index is 12.4. The second-order valence-electron chi connectivity index (χ2n) is 8.69. The molecule has 4 aliphatic carbocycles. The third kappa shape index (κ3) is 1.91. The predicted molar refractivity (Wildman–Crippen MR) is 84.5 cm³/mol. The average Bonchev–Trinajstić information content (AvgIpc) is 2.76. The second-order valence-corrected chi connectivity index (χ2v) is 8.69. The van der Waals surface area contributed by atoms with Crippen molar-refractivity contribution < 1.29 is 19.8 Å². The zero-order valence-corrected chi connectivity index (χ0v) is 13.9. The molecule has 4 nitrogen and oxygen atoms in total. The molecule has 126 valence electrons. The number of aliphatic hydroxyl groups is 2. The molecular formula is C19H26O4. The Kier molecular flexibility index (Phi) is 3.21. The summed E-state index contributed by atoms with van der Waals surface area (Å²) in [5.74, 6) is 0.460. The summed E-state index contributed by atoms with van der Waals surface area (Å²) in [6, 6.07) is 0. The topological polar surface area (TPSA) is 74.6 Å². The highest BCUT2D eigenvalue weighted by Gasteiger charge is 2.64. The quantitative estimate of drug-likeness (QED) is 0.717. The summed E-state index contributed by atoms with van der Waals surface area (Å²) in [7, 11) is 0. The van der Waals surface area contributed by atoms with Crippen molar-refractivity contribution in [2.24, 2.45) is 28.6 Å². The van der Waals surface area contributed by atoms with Gasteiger partial charge in [0, 0.05) is 18.3 Å². The van der Waals surface area contributed by atoms with Gasteiger partial charge in [0.2, 0.25) is 0 Å². The van der Waals surface area contributed by atoms with Crippen molar-refractivity contribution in [3.05, 3.63) is 11.6 Å². The molecule has 0 saturated heterocycles. The van der Waals surface area contributed by atoms with Gasteiger partial charge in [-0.25, -0.2) is 0 Å². The Bertz CT molecular complexity index is 608. The third-order valence-electron chi connectivity index (χ3n) is 7.63. The van der Waals surface area contributed by atoms with Gasteiger partial charge in [0.1, 0.15) is 5.78 Å². The van der Waals surface area contributed by atoms with Gasteiger partial charge in [-0.3, -0.25) is 9.59 Å². The summed E-state index contributed by atoms with van der Waals surface area (Å²) in [4.78, 5) is 24.2. The summed E-state index contributed by atoms with van der Waals surface area (Å²) in [5, 5.41) is 21.8. The van der Waals surface area contributed by atoms with Crippen molar-refractivity contribution in [3.63, 3.8) is 0 Å². The summed E-state index contributed by atoms with van der Waals surface area (Å²) >= 11 is 0. The molecule has 1 unspecified atom stereocenters. The number of Topliss-reactive ketones (excluding diaryl/α,β-unsaturated/α-hetero) is 1. The maximum Gasteiger partial charge on any atom is 0.155 e. The molecule has 0 radical (unpaired) electrons. The van der Waals surface area contributed by atoms with E-state index in [2.05, 4.69) is 6.92 Å². The monoisotopic (exact) mass is 318 g/mol. The van der Waals surface area contributed by atoms with Gasteiger partial charge in [0.25, 0.3) is 0 Å². The maximum absolute atomic E-state index is 12.4. The van der Waals surface area contributed by atoms with Crippen LogP contribution in [0.5, 0.6) is 0 Å². The Labute approximate surface area is 137 Å². The minimum atomic E-state index is -0.583. The molecule has 2 N–H and O–H groups in total. The van der Waals surface area contributed by atoms with E-state index in [0.717, 1.165) is 18.4 Å². The van der Waals surface area contributed by atoms with Gasteiger partial charge < -0.3 is 10.2 Å². The van der Waals surface area contributed by atoms with Crippen LogP contribution in [0, 0.1) is 28.6 Å². The number of rotatable bonds is 0. The van der Waals surface area contributed by atoms with Gasteiger partial charge >= 0.3 is 0 Å². The lowest BCUT2D eigenvalue weighted by atomic mass is 9.46. The van der Waals surface area contributed by atoms with Crippen LogP contribution >= 0.6 is 0 Å². The lowest BCUT2D eigenvalue weighted by Crippen LogP contribution is -2.60. The zero-order valence-electron chi connectivity index (χ0n) is 13.9. The van der Waals surface area contributed by atoms with Gasteiger partial charge in [-0.2, -0.15) is 0 Å². The highest BCUT2D eigenvalue weighted by molar-refractivity contribution is 5.91. The Balaban J connectivity index is 1.80. The standard InChI is InChI=1S/C19H26O4/c1-18-6-5-11(20)7-10(18)8-13(21)16-12-3-4-15(23)19(12,2)9-14(22)17(16)18/h7,12-14,16-17,21-22H,3-6,8-9H2,1-2H3/t12-,13-,14+,16+,17?,18-,19-/m0/s1. The number of hydrogen-bond donors (Lipinski definition) is 2. The van der Waals surface area contributed by atoms with E-state index < -0.39 is 17.6 Å². The SMILES string of the molecule is C[C@]12CCC(=O)C=C1C[C@H](O)[C@@H]1C2[C@H](O)C[C@]2(C)C(=O)CC[C@@H]12. The van der Waals surface area contributed by atoms with Crippen molar-refractivity contribution in [1.82, 2.24) is 0 Å². The van der Waals surface area contributed by atoms with Gasteiger partial charge in [-0.1, -0.05) is 19.4 Å². The lowest BCUT2D eigenvalue weighted by molar-refractivity contribution is -0.165. The first kappa shape index (κ1) is 15.5. The van der Waals surface area contributed by atoms with E-state index in [-0.39, 0.29) is 34.7 Å². The Morgan fingerprint density at radius 2 is 1.83 bits per heavy atom. The van der Waals surface area contributed by atoms with Crippen molar-refractivity contribution in [3.8, 4) is 0 Å². The highest BCUT2D eigenvalue weighted by atomic mass is 16.3. The van der Waals surface area contributed by atoms with Crippen molar-refractivity contribution in [1.29, 1.82) is 0 Å². The van der Waals surface area contributed by atoms with Crippen molar-refractivity contribution in [2.75, 3.05) is 0 Å². The lowest BCUT2D eigenvalue weighted by Gasteiger charge is -2.59. The number of carbonyl (C=O) groups is 2. The minimum Gasteiger partial charge on any atom is -0.393 e. The second kappa shape index (κ2) is 4.76. The van der Waals surface area contributed by atoms with E-state index >= 15 is 0 Å². The highest BCUT2D eigenvalue weighted by Crippen LogP contribution is 2.64. The third-order valence-corrected chi connectivity index (χ3v) is 7.63. The van der Waals surface area contributed by atoms with E-state index in [9.17, 15) is 19.8 Å². The number of aliphatic hydroxyl groups excluding tert-OH is 2. The molecule has 4 rings (SSSR count). The van der Waals surface area contributed by atoms with Crippen LogP contribution in [0.4, 0.5) is 0 Å².